The van der Waals surface area contributed by atoms with Crippen LogP contribution in [0, 0.1) is 6.92 Å². The molecule has 0 radical (unpaired) electrons. The van der Waals surface area contributed by atoms with Crippen molar-refractivity contribution in [1.29, 1.82) is 0 Å². The van der Waals surface area contributed by atoms with Gasteiger partial charge in [-0.2, -0.15) is 0 Å². The summed E-state index contributed by atoms with van der Waals surface area (Å²) in [5, 5.41) is 2.92. The molecule has 1 amide bonds. The molecule has 4 heteroatoms. The quantitative estimate of drug-likeness (QED) is 0.686. The minimum atomic E-state index is 0.106. The molecule has 0 saturated heterocycles. The maximum absolute atomic E-state index is 11.4. The van der Waals surface area contributed by atoms with E-state index >= 15 is 0 Å². The van der Waals surface area contributed by atoms with Crippen LogP contribution in [0.25, 0.3) is 0 Å². The fraction of sp³-hybridized carbons (Fsp3) is 0.235. The van der Waals surface area contributed by atoms with Crippen LogP contribution in [-0.4, -0.2) is 5.91 Å². The number of carbonyl (C=O) groups is 1. The first-order valence-electron chi connectivity index (χ1n) is 6.87. The molecular weight excluding hydrogens is 394 g/mol. The monoisotopic (exact) mass is 407 g/mol. The normalized spacial score (nSPS) is 15.3. The Morgan fingerprint density at radius 1 is 1.10 bits per heavy atom. The van der Waals surface area contributed by atoms with Crippen LogP contribution in [-0.2, 0) is 11.2 Å². The average Bonchev–Trinajstić information content (AvgIpc) is 2.49. The van der Waals surface area contributed by atoms with E-state index in [1.54, 1.807) is 0 Å². The highest BCUT2D eigenvalue weighted by molar-refractivity contribution is 9.10. The van der Waals surface area contributed by atoms with Gasteiger partial charge in [0.15, 0.2) is 0 Å². The zero-order valence-electron chi connectivity index (χ0n) is 11.6. The summed E-state index contributed by atoms with van der Waals surface area (Å²) in [7, 11) is 0. The fourth-order valence-corrected chi connectivity index (χ4v) is 3.40. The molecule has 1 N–H and O–H groups in total. The molecule has 0 saturated carbocycles. The number of anilines is 1. The summed E-state index contributed by atoms with van der Waals surface area (Å²) in [5.74, 6) is 0.106. The number of nitrogens with one attached hydrogen (secondary N) is 1. The number of amides is 1. The van der Waals surface area contributed by atoms with Crippen molar-refractivity contribution in [3.63, 3.8) is 0 Å². The van der Waals surface area contributed by atoms with Gasteiger partial charge >= 0.3 is 0 Å². The molecule has 21 heavy (non-hydrogen) atoms. The van der Waals surface area contributed by atoms with Crippen molar-refractivity contribution in [1.82, 2.24) is 0 Å². The minimum Gasteiger partial charge on any atom is -0.326 e. The highest BCUT2D eigenvalue weighted by Crippen LogP contribution is 2.35. The highest BCUT2D eigenvalue weighted by Gasteiger charge is 2.18. The molecule has 3 rings (SSSR count). The molecule has 2 nitrogen and oxygen atoms in total. The summed E-state index contributed by atoms with van der Waals surface area (Å²) >= 11 is 7.32. The molecule has 0 bridgehead atoms. The number of hydrogen-bond acceptors (Lipinski definition) is 1. The Bertz CT molecular complexity index is 712. The van der Waals surface area contributed by atoms with Crippen LogP contribution >= 0.6 is 31.9 Å². The number of aryl methyl sites for hydroxylation is 2. The van der Waals surface area contributed by atoms with Gasteiger partial charge in [0.25, 0.3) is 0 Å². The van der Waals surface area contributed by atoms with Gasteiger partial charge in [0.1, 0.15) is 0 Å². The number of benzene rings is 2. The van der Waals surface area contributed by atoms with Crippen LogP contribution in [0.5, 0.6) is 0 Å². The van der Waals surface area contributed by atoms with Crippen LogP contribution in [0.4, 0.5) is 5.69 Å². The molecule has 0 fully saturated rings. The predicted molar refractivity (Wildman–Crippen MR) is 93.0 cm³/mol. The molecule has 1 unspecified atom stereocenters. The van der Waals surface area contributed by atoms with E-state index in [0.717, 1.165) is 16.6 Å². The molecule has 0 spiro atoms. The molecule has 108 valence electrons. The van der Waals surface area contributed by atoms with Crippen molar-refractivity contribution in [2.45, 2.75) is 24.6 Å². The van der Waals surface area contributed by atoms with Gasteiger partial charge in [-0.1, -0.05) is 56.1 Å². The van der Waals surface area contributed by atoms with Gasteiger partial charge in [0.05, 0.1) is 4.83 Å². The molecule has 0 aromatic heterocycles. The first kappa shape index (κ1) is 14.8. The lowest BCUT2D eigenvalue weighted by molar-refractivity contribution is -0.116. The molecular formula is C17H15Br2NO. The Labute approximate surface area is 141 Å². The predicted octanol–water partition coefficient (Wildman–Crippen LogP) is 5.13. The minimum absolute atomic E-state index is 0.106. The van der Waals surface area contributed by atoms with Crippen molar-refractivity contribution >= 4 is 43.5 Å². The maximum atomic E-state index is 11.4. The SMILES string of the molecule is Cc1cc(C(Br)c2ccc3c(c2)CCC(=O)N3)ccc1Br. The number of fused-ring (bicyclic) bond motifs is 1. The second-order valence-corrected chi connectivity index (χ2v) is 7.11. The number of alkyl halides is 1. The second-order valence-electron chi connectivity index (χ2n) is 5.34. The van der Waals surface area contributed by atoms with Gasteiger partial charge < -0.3 is 5.32 Å². The first-order valence-corrected chi connectivity index (χ1v) is 8.58. The van der Waals surface area contributed by atoms with Crippen LogP contribution in [0.15, 0.2) is 40.9 Å². The Balaban J connectivity index is 1.93. The van der Waals surface area contributed by atoms with Crippen molar-refractivity contribution in [2.75, 3.05) is 5.32 Å². The average molecular weight is 409 g/mol. The molecule has 2 aromatic carbocycles. The third kappa shape index (κ3) is 3.06. The Morgan fingerprint density at radius 2 is 1.81 bits per heavy atom. The van der Waals surface area contributed by atoms with Crippen molar-refractivity contribution in [3.8, 4) is 0 Å². The largest absolute Gasteiger partial charge is 0.326 e. The second kappa shape index (κ2) is 5.93. The van der Waals surface area contributed by atoms with Gasteiger partial charge in [-0.3, -0.25) is 4.79 Å². The standard InChI is InChI=1S/C17H15Br2NO/c1-10-8-12(2-5-14(10)18)17(19)13-3-6-15-11(9-13)4-7-16(21)20-15/h2-3,5-6,8-9,17H,4,7H2,1H3,(H,20,21). The number of carbonyl (C=O) groups excluding carboxylic acids is 1. The Hall–Kier alpha value is -1.13. The molecule has 1 atom stereocenters. The lowest BCUT2D eigenvalue weighted by Crippen LogP contribution is -2.19. The third-order valence-electron chi connectivity index (χ3n) is 3.79. The zero-order valence-corrected chi connectivity index (χ0v) is 14.8. The van der Waals surface area contributed by atoms with Crippen LogP contribution in [0.1, 0.15) is 33.5 Å². The van der Waals surface area contributed by atoms with E-state index in [1.807, 2.05) is 6.07 Å². The van der Waals surface area contributed by atoms with Crippen LogP contribution < -0.4 is 5.32 Å². The highest BCUT2D eigenvalue weighted by atomic mass is 79.9. The van der Waals surface area contributed by atoms with Crippen molar-refractivity contribution in [2.24, 2.45) is 0 Å². The van der Waals surface area contributed by atoms with Crippen molar-refractivity contribution < 1.29 is 4.79 Å². The van der Waals surface area contributed by atoms with Gasteiger partial charge in [0.2, 0.25) is 5.91 Å². The van der Waals surface area contributed by atoms with E-state index in [0.29, 0.717) is 6.42 Å². The Morgan fingerprint density at radius 3 is 2.57 bits per heavy atom. The maximum Gasteiger partial charge on any atom is 0.224 e. The van der Waals surface area contributed by atoms with Crippen molar-refractivity contribution in [3.05, 3.63) is 63.1 Å². The lowest BCUT2D eigenvalue weighted by atomic mass is 9.96. The summed E-state index contributed by atoms with van der Waals surface area (Å²) in [6.07, 6.45) is 1.38. The zero-order chi connectivity index (χ0) is 15.0. The van der Waals surface area contributed by atoms with E-state index in [1.165, 1.54) is 22.3 Å². The van der Waals surface area contributed by atoms with Gasteiger partial charge in [-0.25, -0.2) is 0 Å². The van der Waals surface area contributed by atoms with Gasteiger partial charge in [-0.05, 0) is 47.7 Å². The summed E-state index contributed by atoms with van der Waals surface area (Å²) in [4.78, 5) is 11.6. The van der Waals surface area contributed by atoms with Gasteiger partial charge in [-0.15, -0.1) is 0 Å². The molecule has 1 aliphatic rings. The fourth-order valence-electron chi connectivity index (χ4n) is 2.58. The lowest BCUT2D eigenvalue weighted by Gasteiger charge is -2.19. The third-order valence-corrected chi connectivity index (χ3v) is 5.74. The van der Waals surface area contributed by atoms with Crippen LogP contribution in [0.3, 0.4) is 0 Å². The number of hydrogen-bond donors (Lipinski definition) is 1. The smallest absolute Gasteiger partial charge is 0.224 e. The van der Waals surface area contributed by atoms with Gasteiger partial charge in [0, 0.05) is 16.6 Å². The van der Waals surface area contributed by atoms with E-state index in [2.05, 4.69) is 74.4 Å². The molecule has 2 aromatic rings. The summed E-state index contributed by atoms with van der Waals surface area (Å²) in [6.45, 7) is 2.09. The molecule has 1 heterocycles. The van der Waals surface area contributed by atoms with E-state index in [4.69, 9.17) is 0 Å². The summed E-state index contributed by atoms with van der Waals surface area (Å²) < 4.78 is 1.12. The number of halogens is 2. The van der Waals surface area contributed by atoms with E-state index < -0.39 is 0 Å². The Kier molecular flexibility index (Phi) is 4.18. The van der Waals surface area contributed by atoms with E-state index in [9.17, 15) is 4.79 Å². The topological polar surface area (TPSA) is 29.1 Å². The van der Waals surface area contributed by atoms with E-state index in [-0.39, 0.29) is 10.7 Å². The first-order chi connectivity index (χ1) is 10.0. The summed E-state index contributed by atoms with van der Waals surface area (Å²) in [5.41, 5.74) is 5.83. The summed E-state index contributed by atoms with van der Waals surface area (Å²) in [6, 6.07) is 12.6. The number of rotatable bonds is 2. The van der Waals surface area contributed by atoms with Crippen LogP contribution in [0.2, 0.25) is 0 Å². The molecule has 1 aliphatic heterocycles. The molecule has 0 aliphatic carbocycles.